The molecular formula is C14H13BrN2O2S. The van der Waals surface area contributed by atoms with Crippen molar-refractivity contribution >= 4 is 33.5 Å². The molecule has 104 valence electrons. The number of rotatable bonds is 4. The van der Waals surface area contributed by atoms with E-state index in [-0.39, 0.29) is 5.84 Å². The molecule has 2 aromatic rings. The first kappa shape index (κ1) is 14.7. The average Bonchev–Trinajstić information content (AvgIpc) is 2.47. The van der Waals surface area contributed by atoms with Crippen molar-refractivity contribution in [1.29, 1.82) is 0 Å². The molecule has 0 aliphatic heterocycles. The molecule has 0 unspecified atom stereocenters. The van der Waals surface area contributed by atoms with Gasteiger partial charge in [0.15, 0.2) is 5.84 Å². The Morgan fingerprint density at radius 2 is 1.95 bits per heavy atom. The lowest BCUT2D eigenvalue weighted by molar-refractivity contribution is 0.318. The Balaban J connectivity index is 2.35. The molecule has 0 bridgehead atoms. The van der Waals surface area contributed by atoms with Gasteiger partial charge in [0.25, 0.3) is 0 Å². The summed E-state index contributed by atoms with van der Waals surface area (Å²) in [5, 5.41) is 11.9. The second kappa shape index (κ2) is 6.67. The van der Waals surface area contributed by atoms with Crippen molar-refractivity contribution < 1.29 is 9.94 Å². The number of nitrogens with two attached hydrogens (primary N) is 1. The molecule has 20 heavy (non-hydrogen) atoms. The monoisotopic (exact) mass is 352 g/mol. The molecular weight excluding hydrogens is 340 g/mol. The maximum atomic E-state index is 8.86. The molecule has 0 aliphatic rings. The molecule has 0 aromatic heterocycles. The predicted molar refractivity (Wildman–Crippen MR) is 84.9 cm³/mol. The number of nitrogens with zero attached hydrogens (tertiary/aromatic N) is 1. The normalized spacial score (nSPS) is 11.4. The molecule has 0 radical (unpaired) electrons. The Kier molecular flexibility index (Phi) is 4.92. The van der Waals surface area contributed by atoms with Crippen molar-refractivity contribution in [1.82, 2.24) is 0 Å². The first-order chi connectivity index (χ1) is 9.65. The van der Waals surface area contributed by atoms with Crippen LogP contribution < -0.4 is 10.5 Å². The van der Waals surface area contributed by atoms with Gasteiger partial charge in [-0.2, -0.15) is 0 Å². The summed E-state index contributed by atoms with van der Waals surface area (Å²) in [6.07, 6.45) is 2.01. The third kappa shape index (κ3) is 3.26. The van der Waals surface area contributed by atoms with E-state index < -0.39 is 0 Å². The van der Waals surface area contributed by atoms with Crippen LogP contribution in [0.15, 0.2) is 57.0 Å². The zero-order chi connectivity index (χ0) is 14.5. The smallest absolute Gasteiger partial charge is 0.175 e. The highest BCUT2D eigenvalue weighted by atomic mass is 79.9. The highest BCUT2D eigenvalue weighted by Gasteiger charge is 2.13. The van der Waals surface area contributed by atoms with Crippen LogP contribution in [-0.4, -0.2) is 17.3 Å². The van der Waals surface area contributed by atoms with Gasteiger partial charge in [0, 0.05) is 9.37 Å². The highest BCUT2D eigenvalue weighted by Crippen LogP contribution is 2.31. The third-order valence-electron chi connectivity index (χ3n) is 2.63. The molecule has 0 fully saturated rings. The lowest BCUT2D eigenvalue weighted by Crippen LogP contribution is -2.15. The zero-order valence-electron chi connectivity index (χ0n) is 10.7. The molecule has 0 spiro atoms. The van der Waals surface area contributed by atoms with Gasteiger partial charge in [-0.05, 0) is 58.6 Å². The van der Waals surface area contributed by atoms with Crippen LogP contribution in [0.5, 0.6) is 11.5 Å². The number of halogens is 1. The van der Waals surface area contributed by atoms with Crippen LogP contribution in [-0.2, 0) is 0 Å². The summed E-state index contributed by atoms with van der Waals surface area (Å²) < 4.78 is 6.50. The summed E-state index contributed by atoms with van der Waals surface area (Å²) in [4.78, 5) is 1.16. The van der Waals surface area contributed by atoms with Crippen LogP contribution in [0.2, 0.25) is 0 Å². The highest BCUT2D eigenvalue weighted by molar-refractivity contribution is 9.10. The first-order valence-corrected chi connectivity index (χ1v) is 7.76. The summed E-state index contributed by atoms with van der Waals surface area (Å²) in [6, 6.07) is 13.1. The van der Waals surface area contributed by atoms with Gasteiger partial charge in [0.1, 0.15) is 11.5 Å². The number of thioether (sulfide) groups is 1. The van der Waals surface area contributed by atoms with Gasteiger partial charge in [-0.15, -0.1) is 11.8 Å². The lowest BCUT2D eigenvalue weighted by Gasteiger charge is -2.12. The maximum Gasteiger partial charge on any atom is 0.175 e. The first-order valence-electron chi connectivity index (χ1n) is 5.74. The molecule has 4 nitrogen and oxygen atoms in total. The Bertz CT molecular complexity index is 630. The lowest BCUT2D eigenvalue weighted by atomic mass is 10.2. The van der Waals surface area contributed by atoms with Gasteiger partial charge >= 0.3 is 0 Å². The van der Waals surface area contributed by atoms with Crippen LogP contribution >= 0.6 is 27.7 Å². The fourth-order valence-corrected chi connectivity index (χ4v) is 2.62. The van der Waals surface area contributed by atoms with E-state index in [9.17, 15) is 0 Å². The topological polar surface area (TPSA) is 67.8 Å². The van der Waals surface area contributed by atoms with E-state index in [1.54, 1.807) is 23.9 Å². The Morgan fingerprint density at radius 1 is 1.25 bits per heavy atom. The number of ether oxygens (including phenoxy) is 1. The van der Waals surface area contributed by atoms with Gasteiger partial charge < -0.3 is 15.7 Å². The molecule has 2 aromatic carbocycles. The maximum absolute atomic E-state index is 8.86. The van der Waals surface area contributed by atoms with Crippen molar-refractivity contribution in [3.8, 4) is 11.5 Å². The molecule has 0 heterocycles. The third-order valence-corrected chi connectivity index (χ3v) is 4.03. The number of hydrogen-bond donors (Lipinski definition) is 2. The van der Waals surface area contributed by atoms with Crippen molar-refractivity contribution in [3.05, 3.63) is 52.5 Å². The van der Waals surface area contributed by atoms with Gasteiger partial charge in [-0.3, -0.25) is 0 Å². The summed E-state index contributed by atoms with van der Waals surface area (Å²) in [6.45, 7) is 0. The van der Waals surface area contributed by atoms with Crippen molar-refractivity contribution in [2.24, 2.45) is 10.9 Å². The van der Waals surface area contributed by atoms with E-state index in [0.29, 0.717) is 21.5 Å². The molecule has 0 aliphatic carbocycles. The van der Waals surface area contributed by atoms with Gasteiger partial charge in [0.2, 0.25) is 0 Å². The van der Waals surface area contributed by atoms with E-state index >= 15 is 0 Å². The molecule has 3 N–H and O–H groups in total. The van der Waals surface area contributed by atoms with E-state index in [0.717, 1.165) is 4.90 Å². The number of oxime groups is 1. The van der Waals surface area contributed by atoms with Crippen LogP contribution in [0, 0.1) is 0 Å². The van der Waals surface area contributed by atoms with Crippen molar-refractivity contribution in [3.63, 3.8) is 0 Å². The molecule has 2 rings (SSSR count). The number of amidine groups is 1. The minimum Gasteiger partial charge on any atom is -0.457 e. The number of hydrogen-bond acceptors (Lipinski definition) is 4. The average molecular weight is 353 g/mol. The largest absolute Gasteiger partial charge is 0.457 e. The quantitative estimate of drug-likeness (QED) is 0.286. The van der Waals surface area contributed by atoms with Gasteiger partial charge in [0.05, 0.1) is 5.56 Å². The SMILES string of the molecule is CSc1ccc(Oc2cccc(Br)c2/C(N)=N/O)cc1. The summed E-state index contributed by atoms with van der Waals surface area (Å²) >= 11 is 5.03. The summed E-state index contributed by atoms with van der Waals surface area (Å²) in [5.41, 5.74) is 6.20. The van der Waals surface area contributed by atoms with E-state index in [2.05, 4.69) is 21.1 Å². The fraction of sp³-hybridized carbons (Fsp3) is 0.0714. The number of benzene rings is 2. The molecule has 0 saturated heterocycles. The summed E-state index contributed by atoms with van der Waals surface area (Å²) in [7, 11) is 0. The Morgan fingerprint density at radius 3 is 2.55 bits per heavy atom. The Hall–Kier alpha value is -1.66. The molecule has 0 saturated carbocycles. The molecule has 6 heteroatoms. The van der Waals surface area contributed by atoms with Crippen LogP contribution in [0.25, 0.3) is 0 Å². The van der Waals surface area contributed by atoms with E-state index in [4.69, 9.17) is 15.7 Å². The van der Waals surface area contributed by atoms with E-state index in [1.807, 2.05) is 36.6 Å². The second-order valence-electron chi connectivity index (χ2n) is 3.88. The van der Waals surface area contributed by atoms with Crippen LogP contribution in [0.3, 0.4) is 0 Å². The summed E-state index contributed by atoms with van der Waals surface area (Å²) in [5.74, 6) is 1.20. The van der Waals surface area contributed by atoms with Crippen LogP contribution in [0.4, 0.5) is 0 Å². The minimum absolute atomic E-state index is 0.00629. The standard InChI is InChI=1S/C14H13BrN2O2S/c1-20-10-7-5-9(6-8-10)19-12-4-2-3-11(15)13(12)14(16)17-18/h2-8,18H,1H3,(H2,16,17). The van der Waals surface area contributed by atoms with Crippen molar-refractivity contribution in [2.45, 2.75) is 4.90 Å². The molecule has 0 amide bonds. The zero-order valence-corrected chi connectivity index (χ0v) is 13.1. The van der Waals surface area contributed by atoms with Crippen molar-refractivity contribution in [2.75, 3.05) is 6.26 Å². The minimum atomic E-state index is -0.00629. The fourth-order valence-electron chi connectivity index (χ4n) is 1.66. The van der Waals surface area contributed by atoms with Gasteiger partial charge in [-0.1, -0.05) is 11.2 Å². The second-order valence-corrected chi connectivity index (χ2v) is 5.61. The van der Waals surface area contributed by atoms with Gasteiger partial charge in [-0.25, -0.2) is 0 Å². The predicted octanol–water partition coefficient (Wildman–Crippen LogP) is 4.06. The van der Waals surface area contributed by atoms with Crippen LogP contribution in [0.1, 0.15) is 5.56 Å². The Labute approximate surface area is 129 Å². The molecule has 0 atom stereocenters. The van der Waals surface area contributed by atoms with E-state index in [1.165, 1.54) is 0 Å².